The van der Waals surface area contributed by atoms with Gasteiger partial charge in [0.05, 0.1) is 5.69 Å². The molecular formula is C25H29N3OS. The molecule has 1 fully saturated rings. The number of rotatable bonds is 7. The summed E-state index contributed by atoms with van der Waals surface area (Å²) >= 11 is 1.70. The van der Waals surface area contributed by atoms with Crippen LogP contribution in [0.3, 0.4) is 0 Å². The molecule has 0 unspecified atom stereocenters. The van der Waals surface area contributed by atoms with E-state index < -0.39 is 0 Å². The lowest BCUT2D eigenvalue weighted by Crippen LogP contribution is -2.29. The number of hydrogen-bond donors (Lipinski definition) is 1. The first kappa shape index (κ1) is 20.6. The molecule has 3 aromatic rings. The Balaban J connectivity index is 1.43. The second-order valence-corrected chi connectivity index (χ2v) is 8.73. The number of hydrogen-bond acceptors (Lipinski definition) is 4. The van der Waals surface area contributed by atoms with Crippen LogP contribution in [0.2, 0.25) is 0 Å². The minimum Gasteiger partial charge on any atom is -0.348 e. The SMILES string of the molecule is CCCCc1ccc(C(=O)Nc2cccc(-c3csc(N4CCCCC4)n3)c2)cc1. The molecule has 1 amide bonds. The van der Waals surface area contributed by atoms with E-state index in [1.807, 2.05) is 36.4 Å². The van der Waals surface area contributed by atoms with Crippen molar-refractivity contribution in [3.05, 3.63) is 65.0 Å². The van der Waals surface area contributed by atoms with Crippen molar-refractivity contribution in [2.75, 3.05) is 23.3 Å². The first-order valence-electron chi connectivity index (χ1n) is 10.9. The molecule has 1 N–H and O–H groups in total. The molecule has 1 aliphatic rings. The molecule has 0 atom stereocenters. The van der Waals surface area contributed by atoms with Gasteiger partial charge in [0.2, 0.25) is 0 Å². The highest BCUT2D eigenvalue weighted by molar-refractivity contribution is 7.14. The number of aryl methyl sites for hydroxylation is 1. The summed E-state index contributed by atoms with van der Waals surface area (Å²) in [5.41, 5.74) is 4.75. The van der Waals surface area contributed by atoms with Gasteiger partial charge < -0.3 is 10.2 Å². The van der Waals surface area contributed by atoms with Crippen molar-refractivity contribution >= 4 is 28.1 Å². The number of benzene rings is 2. The lowest BCUT2D eigenvalue weighted by atomic mass is 10.1. The van der Waals surface area contributed by atoms with Crippen LogP contribution in [0.4, 0.5) is 10.8 Å². The van der Waals surface area contributed by atoms with Crippen LogP contribution in [0, 0.1) is 0 Å². The highest BCUT2D eigenvalue weighted by Crippen LogP contribution is 2.30. The van der Waals surface area contributed by atoms with Crippen LogP contribution < -0.4 is 10.2 Å². The quantitative estimate of drug-likeness (QED) is 0.482. The van der Waals surface area contributed by atoms with Crippen molar-refractivity contribution in [3.63, 3.8) is 0 Å². The average Bonchev–Trinajstić information content (AvgIpc) is 3.29. The Kier molecular flexibility index (Phi) is 6.80. The van der Waals surface area contributed by atoms with Crippen LogP contribution in [-0.2, 0) is 6.42 Å². The van der Waals surface area contributed by atoms with E-state index in [9.17, 15) is 4.79 Å². The summed E-state index contributed by atoms with van der Waals surface area (Å²) in [6.45, 7) is 4.39. The molecule has 30 heavy (non-hydrogen) atoms. The van der Waals surface area contributed by atoms with Gasteiger partial charge in [-0.15, -0.1) is 11.3 Å². The Morgan fingerprint density at radius 2 is 1.90 bits per heavy atom. The molecule has 4 nitrogen and oxygen atoms in total. The molecule has 4 rings (SSSR count). The summed E-state index contributed by atoms with van der Waals surface area (Å²) in [7, 11) is 0. The van der Waals surface area contributed by atoms with Gasteiger partial charge in [0, 0.05) is 35.3 Å². The minimum absolute atomic E-state index is 0.0820. The van der Waals surface area contributed by atoms with Crippen LogP contribution in [0.25, 0.3) is 11.3 Å². The molecule has 0 bridgehead atoms. The molecule has 156 valence electrons. The number of nitrogens with zero attached hydrogens (tertiary/aromatic N) is 2. The fourth-order valence-electron chi connectivity index (χ4n) is 3.79. The van der Waals surface area contributed by atoms with Gasteiger partial charge in [-0.1, -0.05) is 37.6 Å². The van der Waals surface area contributed by atoms with Gasteiger partial charge in [0.15, 0.2) is 5.13 Å². The standard InChI is InChI=1S/C25H29N3OS/c1-2-3-8-19-11-13-20(14-12-19)24(29)26-22-10-7-9-21(17-22)23-18-30-25(27-23)28-15-5-4-6-16-28/h7,9-14,17-18H,2-6,8,15-16H2,1H3,(H,26,29). The number of thiazole rings is 1. The molecule has 2 heterocycles. The number of carbonyl (C=O) groups is 1. The Morgan fingerprint density at radius 1 is 1.10 bits per heavy atom. The van der Waals surface area contributed by atoms with Crippen LogP contribution in [0.1, 0.15) is 54.9 Å². The Labute approximate surface area is 183 Å². The van der Waals surface area contributed by atoms with Crippen molar-refractivity contribution in [2.45, 2.75) is 45.4 Å². The van der Waals surface area contributed by atoms with Crippen molar-refractivity contribution in [1.29, 1.82) is 0 Å². The van der Waals surface area contributed by atoms with E-state index >= 15 is 0 Å². The maximum Gasteiger partial charge on any atom is 0.255 e. The van der Waals surface area contributed by atoms with Crippen molar-refractivity contribution in [2.24, 2.45) is 0 Å². The molecule has 1 aliphatic heterocycles. The summed E-state index contributed by atoms with van der Waals surface area (Å²) in [4.78, 5) is 19.9. The molecule has 0 aliphatic carbocycles. The largest absolute Gasteiger partial charge is 0.348 e. The zero-order valence-corrected chi connectivity index (χ0v) is 18.4. The fourth-order valence-corrected chi connectivity index (χ4v) is 4.68. The van der Waals surface area contributed by atoms with Gasteiger partial charge in [0.1, 0.15) is 0 Å². The van der Waals surface area contributed by atoms with Crippen LogP contribution in [-0.4, -0.2) is 24.0 Å². The number of piperidine rings is 1. The molecule has 2 aromatic carbocycles. The zero-order chi connectivity index (χ0) is 20.8. The maximum atomic E-state index is 12.7. The number of amides is 1. The van der Waals surface area contributed by atoms with Gasteiger partial charge in [-0.2, -0.15) is 0 Å². The first-order valence-corrected chi connectivity index (χ1v) is 11.8. The monoisotopic (exact) mass is 419 g/mol. The second-order valence-electron chi connectivity index (χ2n) is 7.90. The topological polar surface area (TPSA) is 45.2 Å². The van der Waals surface area contributed by atoms with E-state index in [4.69, 9.17) is 4.98 Å². The lowest BCUT2D eigenvalue weighted by Gasteiger charge is -2.25. The van der Waals surface area contributed by atoms with Crippen LogP contribution >= 0.6 is 11.3 Å². The Bertz CT molecular complexity index is 974. The van der Waals surface area contributed by atoms with E-state index in [2.05, 4.69) is 34.7 Å². The molecule has 0 saturated carbocycles. The molecule has 0 spiro atoms. The highest BCUT2D eigenvalue weighted by Gasteiger charge is 2.15. The summed E-state index contributed by atoms with van der Waals surface area (Å²) in [5, 5.41) is 6.24. The number of carbonyl (C=O) groups excluding carboxylic acids is 1. The second kappa shape index (κ2) is 9.90. The van der Waals surface area contributed by atoms with Gasteiger partial charge in [-0.3, -0.25) is 4.79 Å². The number of aromatic nitrogens is 1. The predicted octanol–water partition coefficient (Wildman–Crippen LogP) is 6.40. The van der Waals surface area contributed by atoms with Crippen LogP contribution in [0.15, 0.2) is 53.9 Å². The van der Waals surface area contributed by atoms with Crippen molar-refractivity contribution in [3.8, 4) is 11.3 Å². The van der Waals surface area contributed by atoms with E-state index in [1.54, 1.807) is 11.3 Å². The minimum atomic E-state index is -0.0820. The normalized spacial score (nSPS) is 14.0. The fraction of sp³-hybridized carbons (Fsp3) is 0.360. The van der Waals surface area contributed by atoms with Crippen molar-refractivity contribution in [1.82, 2.24) is 4.98 Å². The summed E-state index contributed by atoms with van der Waals surface area (Å²) in [6, 6.07) is 15.9. The third-order valence-electron chi connectivity index (χ3n) is 5.57. The van der Waals surface area contributed by atoms with E-state index in [1.165, 1.54) is 37.7 Å². The van der Waals surface area contributed by atoms with Crippen molar-refractivity contribution < 1.29 is 4.79 Å². The maximum absolute atomic E-state index is 12.7. The smallest absolute Gasteiger partial charge is 0.255 e. The summed E-state index contributed by atoms with van der Waals surface area (Å²) in [5.74, 6) is -0.0820. The Morgan fingerprint density at radius 3 is 2.67 bits per heavy atom. The third kappa shape index (κ3) is 5.08. The highest BCUT2D eigenvalue weighted by atomic mass is 32.1. The molecule has 5 heteroatoms. The lowest BCUT2D eigenvalue weighted by molar-refractivity contribution is 0.102. The summed E-state index contributed by atoms with van der Waals surface area (Å²) < 4.78 is 0. The van der Waals surface area contributed by atoms with Gasteiger partial charge in [-0.05, 0) is 61.9 Å². The summed E-state index contributed by atoms with van der Waals surface area (Å²) in [6.07, 6.45) is 7.23. The van der Waals surface area contributed by atoms with E-state index in [0.717, 1.165) is 41.6 Å². The molecule has 0 radical (unpaired) electrons. The Hall–Kier alpha value is -2.66. The molecule has 1 aromatic heterocycles. The van der Waals surface area contributed by atoms with Gasteiger partial charge in [-0.25, -0.2) is 4.98 Å². The van der Waals surface area contributed by atoms with Gasteiger partial charge >= 0.3 is 0 Å². The van der Waals surface area contributed by atoms with Crippen LogP contribution in [0.5, 0.6) is 0 Å². The average molecular weight is 420 g/mol. The number of unbranched alkanes of at least 4 members (excludes halogenated alkanes) is 1. The van der Waals surface area contributed by atoms with Gasteiger partial charge in [0.25, 0.3) is 5.91 Å². The first-order chi connectivity index (χ1) is 14.7. The number of nitrogens with one attached hydrogen (secondary N) is 1. The zero-order valence-electron chi connectivity index (χ0n) is 17.6. The number of anilines is 2. The third-order valence-corrected chi connectivity index (χ3v) is 6.47. The van der Waals surface area contributed by atoms with E-state index in [0.29, 0.717) is 5.56 Å². The molecular weight excluding hydrogens is 390 g/mol. The predicted molar refractivity (Wildman–Crippen MR) is 127 cm³/mol. The van der Waals surface area contributed by atoms with E-state index in [-0.39, 0.29) is 5.91 Å². The molecule has 1 saturated heterocycles.